The fourth-order valence-electron chi connectivity index (χ4n) is 9.01. The van der Waals surface area contributed by atoms with Crippen LogP contribution in [0.4, 0.5) is 0 Å². The molecule has 12 rings (SSSR count). The number of para-hydroxylation sites is 3. The monoisotopic (exact) mass is 792 g/mol. The van der Waals surface area contributed by atoms with Gasteiger partial charge in [0, 0.05) is 50.2 Å². The average Bonchev–Trinajstić information content (AvgIpc) is 3.87. The molecule has 0 amide bonds. The molecule has 6 nitrogen and oxygen atoms in total. The lowest BCUT2D eigenvalue weighted by Crippen LogP contribution is -2.01. The van der Waals surface area contributed by atoms with Crippen molar-refractivity contribution in [1.29, 1.82) is 0 Å². The van der Waals surface area contributed by atoms with E-state index in [0.29, 0.717) is 23.2 Å². The smallest absolute Gasteiger partial charge is 0.182 e. The van der Waals surface area contributed by atoms with Gasteiger partial charge in [0.15, 0.2) is 17.5 Å². The molecule has 4 heterocycles. The molecule has 8 aromatic carbocycles. The molecule has 0 atom stereocenters. The fraction of sp³-hybridized carbons (Fsp3) is 0. The molecule has 0 saturated heterocycles. The van der Waals surface area contributed by atoms with Gasteiger partial charge in [-0.2, -0.15) is 0 Å². The molecule has 6 heteroatoms. The molecule has 0 bridgehead atoms. The molecule has 290 valence electrons. The van der Waals surface area contributed by atoms with Crippen LogP contribution in [0.5, 0.6) is 0 Å². The fourth-order valence-corrected chi connectivity index (χ4v) is 9.01. The van der Waals surface area contributed by atoms with Crippen LogP contribution in [-0.2, 0) is 0 Å². The van der Waals surface area contributed by atoms with Crippen LogP contribution >= 0.6 is 0 Å². The Morgan fingerprint density at radius 3 is 1.58 bits per heavy atom. The largest absolute Gasteiger partial charge is 0.309 e. The lowest BCUT2D eigenvalue weighted by Gasteiger charge is -2.13. The lowest BCUT2D eigenvalue weighted by molar-refractivity contribution is 1.06. The summed E-state index contributed by atoms with van der Waals surface area (Å²) < 4.78 is 4.78. The van der Waals surface area contributed by atoms with E-state index in [1.165, 1.54) is 38.1 Å². The minimum Gasteiger partial charge on any atom is -0.309 e. The lowest BCUT2D eigenvalue weighted by atomic mass is 9.99. The van der Waals surface area contributed by atoms with Gasteiger partial charge < -0.3 is 9.13 Å². The van der Waals surface area contributed by atoms with Crippen LogP contribution in [-0.4, -0.2) is 29.1 Å². The summed E-state index contributed by atoms with van der Waals surface area (Å²) in [5.74, 6) is 1.73. The van der Waals surface area contributed by atoms with Gasteiger partial charge in [0.2, 0.25) is 0 Å². The van der Waals surface area contributed by atoms with Gasteiger partial charge in [-0.05, 0) is 82.9 Å². The molecule has 0 unspecified atom stereocenters. The van der Waals surface area contributed by atoms with Crippen LogP contribution in [0.2, 0.25) is 0 Å². The van der Waals surface area contributed by atoms with E-state index in [-0.39, 0.29) is 0 Å². The van der Waals surface area contributed by atoms with E-state index in [4.69, 9.17) is 19.9 Å². The second-order valence-electron chi connectivity index (χ2n) is 15.5. The van der Waals surface area contributed by atoms with Gasteiger partial charge in [0.1, 0.15) is 5.69 Å². The molecule has 0 aliphatic carbocycles. The van der Waals surface area contributed by atoms with E-state index in [1.807, 2.05) is 66.9 Å². The molecule has 62 heavy (non-hydrogen) atoms. The molecule has 0 fully saturated rings. The highest BCUT2D eigenvalue weighted by Crippen LogP contribution is 2.41. The van der Waals surface area contributed by atoms with Crippen molar-refractivity contribution in [1.82, 2.24) is 29.1 Å². The van der Waals surface area contributed by atoms with Crippen molar-refractivity contribution in [2.75, 3.05) is 0 Å². The molecule has 0 spiro atoms. The van der Waals surface area contributed by atoms with Crippen molar-refractivity contribution in [3.8, 4) is 67.9 Å². The quantitative estimate of drug-likeness (QED) is 0.161. The van der Waals surface area contributed by atoms with Crippen molar-refractivity contribution in [3.05, 3.63) is 219 Å². The minimum absolute atomic E-state index is 0.522. The van der Waals surface area contributed by atoms with Gasteiger partial charge in [-0.3, -0.25) is 4.98 Å². The molecule has 0 aliphatic rings. The maximum Gasteiger partial charge on any atom is 0.182 e. The summed E-state index contributed by atoms with van der Waals surface area (Å²) in [7, 11) is 0. The summed E-state index contributed by atoms with van der Waals surface area (Å²) in [5.41, 5.74) is 13.9. The number of hydrogen-bond donors (Lipinski definition) is 0. The van der Waals surface area contributed by atoms with E-state index in [2.05, 4.69) is 161 Å². The Hall–Kier alpha value is -8.48. The van der Waals surface area contributed by atoms with Crippen molar-refractivity contribution < 1.29 is 0 Å². The normalized spacial score (nSPS) is 11.5. The number of hydrogen-bond acceptors (Lipinski definition) is 4. The number of aromatic nitrogens is 6. The van der Waals surface area contributed by atoms with Gasteiger partial charge in [-0.1, -0.05) is 152 Å². The Morgan fingerprint density at radius 2 is 0.839 bits per heavy atom. The van der Waals surface area contributed by atoms with Crippen LogP contribution < -0.4 is 0 Å². The van der Waals surface area contributed by atoms with Gasteiger partial charge in [0.25, 0.3) is 0 Å². The second kappa shape index (κ2) is 14.7. The third kappa shape index (κ3) is 5.96. The third-order valence-corrected chi connectivity index (χ3v) is 11.8. The van der Waals surface area contributed by atoms with Gasteiger partial charge in [-0.25, -0.2) is 15.0 Å². The Labute approximate surface area is 357 Å². The highest BCUT2D eigenvalue weighted by atomic mass is 15.0. The van der Waals surface area contributed by atoms with E-state index in [9.17, 15) is 0 Å². The zero-order valence-electron chi connectivity index (χ0n) is 33.5. The van der Waals surface area contributed by atoms with E-state index in [0.717, 1.165) is 50.2 Å². The first kappa shape index (κ1) is 35.5. The molecule has 4 aromatic heterocycles. The van der Waals surface area contributed by atoms with Crippen molar-refractivity contribution >= 4 is 43.6 Å². The molecule has 0 aliphatic heterocycles. The summed E-state index contributed by atoms with van der Waals surface area (Å²) in [5, 5.41) is 4.87. The van der Waals surface area contributed by atoms with Gasteiger partial charge in [-0.15, -0.1) is 0 Å². The third-order valence-electron chi connectivity index (χ3n) is 11.8. The zero-order chi connectivity index (χ0) is 41.0. The van der Waals surface area contributed by atoms with Crippen LogP contribution in [0.15, 0.2) is 219 Å². The van der Waals surface area contributed by atoms with Crippen LogP contribution in [0, 0.1) is 0 Å². The highest BCUT2D eigenvalue weighted by Gasteiger charge is 2.19. The molecule has 0 saturated carbocycles. The molecule has 0 N–H and O–H groups in total. The Kier molecular flexibility index (Phi) is 8.38. The summed E-state index contributed by atoms with van der Waals surface area (Å²) in [6, 6.07) is 74.6. The number of benzene rings is 8. The Bertz CT molecular complexity index is 3570. The van der Waals surface area contributed by atoms with Crippen LogP contribution in [0.3, 0.4) is 0 Å². The first-order valence-corrected chi connectivity index (χ1v) is 20.8. The topological polar surface area (TPSA) is 61.4 Å². The van der Waals surface area contributed by atoms with Gasteiger partial charge >= 0.3 is 0 Å². The number of pyridine rings is 1. The maximum absolute atomic E-state index is 4.96. The average molecular weight is 793 g/mol. The standard InChI is InChI=1S/C56H36N6/c1-4-16-37(17-5-1)54-58-55(38-18-6-2-7-19-38)60-56(59-54)48-35-40(32-33-57-48)39-30-31-46-45-24-10-12-27-49(45)62(52(46)36-39)43-23-14-20-41(34-43)44-26-15-29-51-53(44)47-25-11-13-28-50(47)61(51)42-21-8-3-9-22-42/h1-36H. The predicted octanol–water partition coefficient (Wildman–Crippen LogP) is 13.8. The SMILES string of the molecule is c1ccc(-c2nc(-c3ccccc3)nc(-c3cc(-c4ccc5c6ccccc6n(-c6cccc(-c7cccc8c7c7ccccc7n8-c7ccccc7)c6)c5c4)ccn3)n2)cc1. The van der Waals surface area contributed by atoms with E-state index >= 15 is 0 Å². The van der Waals surface area contributed by atoms with Crippen molar-refractivity contribution in [3.63, 3.8) is 0 Å². The number of rotatable bonds is 7. The van der Waals surface area contributed by atoms with Crippen molar-refractivity contribution in [2.45, 2.75) is 0 Å². The molecule has 0 radical (unpaired) electrons. The van der Waals surface area contributed by atoms with Crippen molar-refractivity contribution in [2.24, 2.45) is 0 Å². The summed E-state index contributed by atoms with van der Waals surface area (Å²) >= 11 is 0. The maximum atomic E-state index is 4.96. The summed E-state index contributed by atoms with van der Waals surface area (Å²) in [6.07, 6.45) is 1.84. The predicted molar refractivity (Wildman–Crippen MR) is 253 cm³/mol. The molecular weight excluding hydrogens is 757 g/mol. The van der Waals surface area contributed by atoms with Crippen LogP contribution in [0.1, 0.15) is 0 Å². The minimum atomic E-state index is 0.522. The molecule has 12 aromatic rings. The first-order chi connectivity index (χ1) is 30.7. The second-order valence-corrected chi connectivity index (χ2v) is 15.5. The summed E-state index contributed by atoms with van der Waals surface area (Å²) in [6.45, 7) is 0. The van der Waals surface area contributed by atoms with Crippen LogP contribution in [0.25, 0.3) is 112 Å². The number of nitrogens with zero attached hydrogens (tertiary/aromatic N) is 6. The zero-order valence-corrected chi connectivity index (χ0v) is 33.5. The van der Waals surface area contributed by atoms with E-state index in [1.54, 1.807) is 0 Å². The Morgan fingerprint density at radius 1 is 0.306 bits per heavy atom. The van der Waals surface area contributed by atoms with E-state index < -0.39 is 0 Å². The Balaban J connectivity index is 0.998. The molecular formula is C56H36N6. The number of fused-ring (bicyclic) bond motifs is 6. The van der Waals surface area contributed by atoms with Gasteiger partial charge in [0.05, 0.1) is 22.1 Å². The highest BCUT2D eigenvalue weighted by molar-refractivity contribution is 6.16. The first-order valence-electron chi connectivity index (χ1n) is 20.8. The summed E-state index contributed by atoms with van der Waals surface area (Å²) in [4.78, 5) is 19.6.